The van der Waals surface area contributed by atoms with Crippen LogP contribution in [0.4, 0.5) is 0 Å². The molecular weight excluding hydrogens is 250 g/mol. The maximum absolute atomic E-state index is 5.71. The number of hydrogen-bond donors (Lipinski definition) is 2. The van der Waals surface area contributed by atoms with Gasteiger partial charge in [0, 0.05) is 11.8 Å². The van der Waals surface area contributed by atoms with Gasteiger partial charge < -0.3 is 4.74 Å². The zero-order chi connectivity index (χ0) is 14.4. The van der Waals surface area contributed by atoms with E-state index < -0.39 is 0 Å². The molecule has 4 nitrogen and oxygen atoms in total. The summed E-state index contributed by atoms with van der Waals surface area (Å²) < 4.78 is 5.34. The number of pyridine rings is 1. The molecule has 0 amide bonds. The molecule has 0 radical (unpaired) electrons. The van der Waals surface area contributed by atoms with Crippen molar-refractivity contribution in [3.05, 3.63) is 59.4 Å². The van der Waals surface area contributed by atoms with E-state index in [4.69, 9.17) is 10.6 Å². The summed E-state index contributed by atoms with van der Waals surface area (Å²) in [5.74, 6) is 6.46. The first kappa shape index (κ1) is 14.5. The molecule has 2 aromatic rings. The largest absolute Gasteiger partial charge is 0.495 e. The third kappa shape index (κ3) is 3.35. The molecule has 20 heavy (non-hydrogen) atoms. The molecular formula is C16H21N3O. The first-order chi connectivity index (χ1) is 9.78. The van der Waals surface area contributed by atoms with Crippen LogP contribution in [0.2, 0.25) is 0 Å². The first-order valence-corrected chi connectivity index (χ1v) is 6.80. The lowest BCUT2D eigenvalue weighted by Crippen LogP contribution is -2.30. The quantitative estimate of drug-likeness (QED) is 0.625. The van der Waals surface area contributed by atoms with Crippen molar-refractivity contribution in [2.24, 2.45) is 5.84 Å². The van der Waals surface area contributed by atoms with Gasteiger partial charge in [0.25, 0.3) is 0 Å². The minimum Gasteiger partial charge on any atom is -0.495 e. The van der Waals surface area contributed by atoms with E-state index in [0.717, 1.165) is 24.2 Å². The summed E-state index contributed by atoms with van der Waals surface area (Å²) in [6, 6.07) is 10.6. The maximum Gasteiger partial charge on any atom is 0.141 e. The van der Waals surface area contributed by atoms with Crippen LogP contribution in [0, 0.1) is 0 Å². The van der Waals surface area contributed by atoms with Crippen molar-refractivity contribution in [3.63, 3.8) is 0 Å². The van der Waals surface area contributed by atoms with Gasteiger partial charge in [0.2, 0.25) is 0 Å². The summed E-state index contributed by atoms with van der Waals surface area (Å²) >= 11 is 0. The summed E-state index contributed by atoms with van der Waals surface area (Å²) in [5.41, 5.74) is 6.46. The SMILES string of the molecule is CCc1ccc(CC(NN)c2ccncc2OC)cc1. The maximum atomic E-state index is 5.71. The lowest BCUT2D eigenvalue weighted by molar-refractivity contribution is 0.397. The molecule has 1 aromatic carbocycles. The van der Waals surface area contributed by atoms with Crippen molar-refractivity contribution < 1.29 is 4.74 Å². The van der Waals surface area contributed by atoms with Gasteiger partial charge in [-0.15, -0.1) is 0 Å². The zero-order valence-corrected chi connectivity index (χ0v) is 12.0. The molecule has 1 atom stereocenters. The van der Waals surface area contributed by atoms with Crippen molar-refractivity contribution in [2.45, 2.75) is 25.8 Å². The van der Waals surface area contributed by atoms with Crippen LogP contribution in [0.1, 0.15) is 29.7 Å². The van der Waals surface area contributed by atoms with Crippen molar-refractivity contribution in [3.8, 4) is 5.75 Å². The number of nitrogens with zero attached hydrogens (tertiary/aromatic N) is 1. The van der Waals surface area contributed by atoms with E-state index >= 15 is 0 Å². The number of aryl methyl sites for hydroxylation is 1. The van der Waals surface area contributed by atoms with Gasteiger partial charge in [-0.3, -0.25) is 16.3 Å². The zero-order valence-electron chi connectivity index (χ0n) is 12.0. The van der Waals surface area contributed by atoms with Gasteiger partial charge in [-0.1, -0.05) is 31.2 Å². The molecule has 106 valence electrons. The van der Waals surface area contributed by atoms with E-state index in [1.165, 1.54) is 11.1 Å². The van der Waals surface area contributed by atoms with E-state index in [2.05, 4.69) is 41.6 Å². The summed E-state index contributed by atoms with van der Waals surface area (Å²) in [4.78, 5) is 4.07. The van der Waals surface area contributed by atoms with Crippen LogP contribution >= 0.6 is 0 Å². The summed E-state index contributed by atoms with van der Waals surface area (Å²) in [7, 11) is 1.64. The molecule has 0 aliphatic rings. The highest BCUT2D eigenvalue weighted by molar-refractivity contribution is 5.34. The fourth-order valence-electron chi connectivity index (χ4n) is 2.25. The molecule has 1 unspecified atom stereocenters. The van der Waals surface area contributed by atoms with Gasteiger partial charge in [-0.05, 0) is 30.0 Å². The molecule has 0 saturated carbocycles. The van der Waals surface area contributed by atoms with Crippen LogP contribution in [0.25, 0.3) is 0 Å². The number of methoxy groups -OCH3 is 1. The number of hydrogen-bond acceptors (Lipinski definition) is 4. The van der Waals surface area contributed by atoms with E-state index in [1.807, 2.05) is 6.07 Å². The fraction of sp³-hybridized carbons (Fsp3) is 0.312. The second-order valence-corrected chi connectivity index (χ2v) is 4.71. The van der Waals surface area contributed by atoms with Gasteiger partial charge >= 0.3 is 0 Å². The van der Waals surface area contributed by atoms with Crippen LogP contribution in [0.15, 0.2) is 42.7 Å². The number of benzene rings is 1. The van der Waals surface area contributed by atoms with Crippen LogP contribution in [-0.4, -0.2) is 12.1 Å². The third-order valence-corrected chi connectivity index (χ3v) is 3.48. The second-order valence-electron chi connectivity index (χ2n) is 4.71. The molecule has 1 heterocycles. The highest BCUT2D eigenvalue weighted by atomic mass is 16.5. The molecule has 3 N–H and O–H groups in total. The van der Waals surface area contributed by atoms with Crippen molar-refractivity contribution >= 4 is 0 Å². The lowest BCUT2D eigenvalue weighted by atomic mass is 9.98. The third-order valence-electron chi connectivity index (χ3n) is 3.48. The Kier molecular flexibility index (Phi) is 5.09. The number of nitrogens with two attached hydrogens (primary N) is 1. The van der Waals surface area contributed by atoms with Crippen molar-refractivity contribution in [1.29, 1.82) is 0 Å². The Morgan fingerprint density at radius 2 is 1.90 bits per heavy atom. The monoisotopic (exact) mass is 271 g/mol. The highest BCUT2D eigenvalue weighted by Crippen LogP contribution is 2.26. The van der Waals surface area contributed by atoms with Gasteiger partial charge in [0.1, 0.15) is 5.75 Å². The van der Waals surface area contributed by atoms with E-state index in [1.54, 1.807) is 19.5 Å². The molecule has 1 aromatic heterocycles. The Labute approximate surface area is 120 Å². The Hall–Kier alpha value is -1.91. The van der Waals surface area contributed by atoms with Gasteiger partial charge in [0.15, 0.2) is 0 Å². The number of ether oxygens (including phenoxy) is 1. The van der Waals surface area contributed by atoms with Crippen LogP contribution in [-0.2, 0) is 12.8 Å². The second kappa shape index (κ2) is 7.03. The predicted molar refractivity (Wildman–Crippen MR) is 80.4 cm³/mol. The Balaban J connectivity index is 2.19. The van der Waals surface area contributed by atoms with Gasteiger partial charge in [-0.2, -0.15) is 0 Å². The van der Waals surface area contributed by atoms with E-state index in [0.29, 0.717) is 0 Å². The Bertz CT molecular complexity index is 540. The average molecular weight is 271 g/mol. The number of rotatable bonds is 6. The van der Waals surface area contributed by atoms with Gasteiger partial charge in [-0.25, -0.2) is 0 Å². The minimum atomic E-state index is 0.000395. The minimum absolute atomic E-state index is 0.000395. The summed E-state index contributed by atoms with van der Waals surface area (Å²) in [6.07, 6.45) is 5.32. The number of nitrogens with one attached hydrogen (secondary N) is 1. The average Bonchev–Trinajstić information content (AvgIpc) is 2.53. The van der Waals surface area contributed by atoms with Crippen molar-refractivity contribution in [2.75, 3.05) is 7.11 Å². The first-order valence-electron chi connectivity index (χ1n) is 6.80. The van der Waals surface area contributed by atoms with Crippen LogP contribution in [0.5, 0.6) is 5.75 Å². The van der Waals surface area contributed by atoms with E-state index in [9.17, 15) is 0 Å². The molecule has 2 rings (SSSR count). The normalized spacial score (nSPS) is 12.2. The predicted octanol–water partition coefficient (Wildman–Crippen LogP) is 2.40. The summed E-state index contributed by atoms with van der Waals surface area (Å²) in [5, 5.41) is 0. The molecule has 0 spiro atoms. The molecule has 4 heteroatoms. The molecule has 0 saturated heterocycles. The molecule has 0 bridgehead atoms. The van der Waals surface area contributed by atoms with Crippen molar-refractivity contribution in [1.82, 2.24) is 10.4 Å². The fourth-order valence-corrected chi connectivity index (χ4v) is 2.25. The topological polar surface area (TPSA) is 60.2 Å². The van der Waals surface area contributed by atoms with Crippen LogP contribution < -0.4 is 16.0 Å². The lowest BCUT2D eigenvalue weighted by Gasteiger charge is -2.19. The molecule has 0 aliphatic carbocycles. The number of aromatic nitrogens is 1. The standard InChI is InChI=1S/C16H21N3O/c1-3-12-4-6-13(7-5-12)10-15(19-17)14-8-9-18-11-16(14)20-2/h4-9,11,15,19H,3,10,17H2,1-2H3. The summed E-state index contributed by atoms with van der Waals surface area (Å²) in [6.45, 7) is 2.15. The Morgan fingerprint density at radius 3 is 2.50 bits per heavy atom. The number of hydrazine groups is 1. The smallest absolute Gasteiger partial charge is 0.141 e. The highest BCUT2D eigenvalue weighted by Gasteiger charge is 2.15. The molecule has 0 fully saturated rings. The molecule has 0 aliphatic heterocycles. The van der Waals surface area contributed by atoms with Gasteiger partial charge in [0.05, 0.1) is 19.3 Å². The van der Waals surface area contributed by atoms with Crippen LogP contribution in [0.3, 0.4) is 0 Å². The Morgan fingerprint density at radius 1 is 1.20 bits per heavy atom. The van der Waals surface area contributed by atoms with E-state index in [-0.39, 0.29) is 6.04 Å².